The number of rotatable bonds is 3. The summed E-state index contributed by atoms with van der Waals surface area (Å²) in [6.07, 6.45) is 4.03. The third-order valence-corrected chi connectivity index (χ3v) is 3.12. The van der Waals surface area contributed by atoms with Crippen molar-refractivity contribution in [3.05, 3.63) is 12.7 Å². The highest BCUT2D eigenvalue weighted by atomic mass is 16.8. The standard InChI is InChI=1S/C12H18O3/c1-4-5-6-8-7-9(13)11-10(8)14-12(2,3)15-11/h4,8,10-11H,1,5-7H2,2-3H3/t8-,10?,11-/m0/s1. The normalized spacial score (nSPS) is 38.0. The lowest BCUT2D eigenvalue weighted by atomic mass is 9.99. The average molecular weight is 210 g/mol. The first-order chi connectivity index (χ1) is 7.03. The van der Waals surface area contributed by atoms with Crippen LogP contribution in [0.4, 0.5) is 0 Å². The highest BCUT2D eigenvalue weighted by molar-refractivity contribution is 5.86. The van der Waals surface area contributed by atoms with Crippen LogP contribution in [0, 0.1) is 5.92 Å². The molecule has 2 fully saturated rings. The molecule has 2 aliphatic rings. The lowest BCUT2D eigenvalue weighted by Gasteiger charge is -2.20. The summed E-state index contributed by atoms with van der Waals surface area (Å²) < 4.78 is 11.4. The predicted octanol–water partition coefficient (Wildman–Crippen LogP) is 2.06. The second kappa shape index (κ2) is 3.72. The molecule has 0 aromatic rings. The van der Waals surface area contributed by atoms with E-state index in [0.717, 1.165) is 12.8 Å². The molecule has 0 N–H and O–H groups in total. The molecule has 0 aromatic carbocycles. The fourth-order valence-corrected chi connectivity index (χ4v) is 2.47. The van der Waals surface area contributed by atoms with E-state index >= 15 is 0 Å². The predicted molar refractivity (Wildman–Crippen MR) is 56.4 cm³/mol. The largest absolute Gasteiger partial charge is 0.344 e. The Hall–Kier alpha value is -0.670. The summed E-state index contributed by atoms with van der Waals surface area (Å²) in [5, 5.41) is 0. The molecule has 0 amide bonds. The van der Waals surface area contributed by atoms with E-state index in [-0.39, 0.29) is 18.0 Å². The average Bonchev–Trinajstić information content (AvgIpc) is 2.60. The summed E-state index contributed by atoms with van der Waals surface area (Å²) in [7, 11) is 0. The summed E-state index contributed by atoms with van der Waals surface area (Å²) >= 11 is 0. The van der Waals surface area contributed by atoms with E-state index in [2.05, 4.69) is 6.58 Å². The van der Waals surface area contributed by atoms with Gasteiger partial charge in [-0.25, -0.2) is 0 Å². The molecule has 1 aliphatic carbocycles. The summed E-state index contributed by atoms with van der Waals surface area (Å²) in [6, 6.07) is 0. The molecule has 3 atom stereocenters. The van der Waals surface area contributed by atoms with Gasteiger partial charge in [-0.3, -0.25) is 4.79 Å². The van der Waals surface area contributed by atoms with Crippen LogP contribution in [0.25, 0.3) is 0 Å². The van der Waals surface area contributed by atoms with E-state index in [1.807, 2.05) is 19.9 Å². The van der Waals surface area contributed by atoms with Crippen molar-refractivity contribution in [3.63, 3.8) is 0 Å². The number of ketones is 1. The lowest BCUT2D eigenvalue weighted by molar-refractivity contribution is -0.163. The van der Waals surface area contributed by atoms with Gasteiger partial charge in [0.1, 0.15) is 6.10 Å². The Morgan fingerprint density at radius 2 is 2.27 bits per heavy atom. The third-order valence-electron chi connectivity index (χ3n) is 3.12. The zero-order valence-electron chi connectivity index (χ0n) is 9.36. The van der Waals surface area contributed by atoms with Crippen molar-refractivity contribution in [1.82, 2.24) is 0 Å². The van der Waals surface area contributed by atoms with Crippen molar-refractivity contribution < 1.29 is 14.3 Å². The Morgan fingerprint density at radius 1 is 1.53 bits per heavy atom. The molecule has 1 saturated carbocycles. The van der Waals surface area contributed by atoms with Crippen LogP contribution in [-0.2, 0) is 14.3 Å². The van der Waals surface area contributed by atoms with Gasteiger partial charge in [0.25, 0.3) is 0 Å². The maximum atomic E-state index is 11.7. The number of fused-ring (bicyclic) bond motifs is 1. The molecule has 0 bridgehead atoms. The Balaban J connectivity index is 2.05. The number of Topliss-reactive ketones (excluding diaryl/α,β-unsaturated/α-hetero) is 1. The minimum Gasteiger partial charge on any atom is -0.344 e. The van der Waals surface area contributed by atoms with Crippen molar-refractivity contribution in [2.45, 2.75) is 51.1 Å². The van der Waals surface area contributed by atoms with Crippen molar-refractivity contribution >= 4 is 5.78 Å². The molecule has 15 heavy (non-hydrogen) atoms. The van der Waals surface area contributed by atoms with Gasteiger partial charge >= 0.3 is 0 Å². The van der Waals surface area contributed by atoms with Gasteiger partial charge in [-0.1, -0.05) is 6.08 Å². The highest BCUT2D eigenvalue weighted by Crippen LogP contribution is 2.41. The molecule has 3 nitrogen and oxygen atoms in total. The summed E-state index contributed by atoms with van der Waals surface area (Å²) in [6.45, 7) is 7.43. The zero-order valence-corrected chi connectivity index (χ0v) is 9.36. The molecule has 0 aromatic heterocycles. The molecule has 0 radical (unpaired) electrons. The van der Waals surface area contributed by atoms with Crippen LogP contribution in [0.15, 0.2) is 12.7 Å². The Kier molecular flexibility index (Phi) is 2.69. The van der Waals surface area contributed by atoms with Crippen LogP contribution < -0.4 is 0 Å². The van der Waals surface area contributed by atoms with Crippen molar-refractivity contribution in [2.24, 2.45) is 5.92 Å². The summed E-state index contributed by atoms with van der Waals surface area (Å²) in [4.78, 5) is 11.7. The number of hydrogen-bond donors (Lipinski definition) is 0. The van der Waals surface area contributed by atoms with Crippen LogP contribution in [0.5, 0.6) is 0 Å². The van der Waals surface area contributed by atoms with Crippen molar-refractivity contribution in [1.29, 1.82) is 0 Å². The maximum absolute atomic E-state index is 11.7. The first kappa shape index (κ1) is 10.8. The maximum Gasteiger partial charge on any atom is 0.164 e. The van der Waals surface area contributed by atoms with Gasteiger partial charge in [0.15, 0.2) is 11.6 Å². The van der Waals surface area contributed by atoms with Gasteiger partial charge < -0.3 is 9.47 Å². The van der Waals surface area contributed by atoms with E-state index in [0.29, 0.717) is 12.3 Å². The fraction of sp³-hybridized carbons (Fsp3) is 0.750. The molecule has 84 valence electrons. The monoisotopic (exact) mass is 210 g/mol. The van der Waals surface area contributed by atoms with Crippen molar-refractivity contribution in [2.75, 3.05) is 0 Å². The number of allylic oxidation sites excluding steroid dienone is 1. The van der Waals surface area contributed by atoms with E-state index in [1.165, 1.54) is 0 Å². The SMILES string of the molecule is C=CCC[C@H]1CC(=O)[C@@H]2OC(C)(C)OC12. The number of hydrogen-bond acceptors (Lipinski definition) is 3. The minimum atomic E-state index is -0.599. The Bertz CT molecular complexity index is 283. The van der Waals surface area contributed by atoms with E-state index < -0.39 is 5.79 Å². The van der Waals surface area contributed by atoms with Gasteiger partial charge in [0, 0.05) is 6.42 Å². The molecular formula is C12H18O3. The minimum absolute atomic E-state index is 0.0348. The topological polar surface area (TPSA) is 35.5 Å². The van der Waals surface area contributed by atoms with Crippen LogP contribution in [0.3, 0.4) is 0 Å². The summed E-state index contributed by atoms with van der Waals surface area (Å²) in [5.74, 6) is -0.0976. The summed E-state index contributed by atoms with van der Waals surface area (Å²) in [5.41, 5.74) is 0. The van der Waals surface area contributed by atoms with E-state index in [9.17, 15) is 4.79 Å². The van der Waals surface area contributed by atoms with Crippen molar-refractivity contribution in [3.8, 4) is 0 Å². The molecule has 3 heteroatoms. The van der Waals surface area contributed by atoms with E-state index in [4.69, 9.17) is 9.47 Å². The van der Waals surface area contributed by atoms with Gasteiger partial charge in [-0.05, 0) is 32.6 Å². The number of ether oxygens (including phenoxy) is 2. The van der Waals surface area contributed by atoms with Gasteiger partial charge in [-0.2, -0.15) is 0 Å². The van der Waals surface area contributed by atoms with Crippen LogP contribution in [0.2, 0.25) is 0 Å². The van der Waals surface area contributed by atoms with Crippen LogP contribution >= 0.6 is 0 Å². The van der Waals surface area contributed by atoms with E-state index in [1.54, 1.807) is 0 Å². The molecule has 1 heterocycles. The first-order valence-corrected chi connectivity index (χ1v) is 5.53. The Morgan fingerprint density at radius 3 is 2.93 bits per heavy atom. The smallest absolute Gasteiger partial charge is 0.164 e. The Labute approximate surface area is 90.4 Å². The van der Waals surface area contributed by atoms with Crippen LogP contribution in [0.1, 0.15) is 33.1 Å². The molecular weight excluding hydrogens is 192 g/mol. The first-order valence-electron chi connectivity index (χ1n) is 5.53. The molecule has 1 aliphatic heterocycles. The van der Waals surface area contributed by atoms with Gasteiger partial charge in [-0.15, -0.1) is 6.58 Å². The molecule has 1 unspecified atom stereocenters. The molecule has 0 spiro atoms. The second-order valence-corrected chi connectivity index (χ2v) is 4.82. The van der Waals surface area contributed by atoms with Gasteiger partial charge in [0.05, 0.1) is 6.10 Å². The quantitative estimate of drug-likeness (QED) is 0.669. The highest BCUT2D eigenvalue weighted by Gasteiger charge is 2.53. The molecule has 2 rings (SSSR count). The van der Waals surface area contributed by atoms with Crippen LogP contribution in [-0.4, -0.2) is 23.8 Å². The lowest BCUT2D eigenvalue weighted by Crippen LogP contribution is -2.25. The molecule has 1 saturated heterocycles. The third kappa shape index (κ3) is 1.99. The second-order valence-electron chi connectivity index (χ2n) is 4.82. The number of carbonyl (C=O) groups excluding carboxylic acids is 1. The zero-order chi connectivity index (χ0) is 11.1. The van der Waals surface area contributed by atoms with Gasteiger partial charge in [0.2, 0.25) is 0 Å². The number of carbonyl (C=O) groups is 1. The fourth-order valence-electron chi connectivity index (χ4n) is 2.47.